The molecular weight excluding hydrogens is 318 g/mol. The Kier molecular flexibility index (Phi) is 5.09. The van der Waals surface area contributed by atoms with Crippen LogP contribution in [-0.2, 0) is 9.47 Å². The number of carbonyl (C=O) groups is 1. The number of amides is 1. The molecule has 0 aromatic heterocycles. The molecule has 126 valence electrons. The number of hydrogen-bond donors (Lipinski definition) is 0. The van der Waals surface area contributed by atoms with Crippen molar-refractivity contribution in [1.82, 2.24) is 4.90 Å². The smallest absolute Gasteiger partial charge is 0.254 e. The second-order valence-corrected chi connectivity index (χ2v) is 6.23. The van der Waals surface area contributed by atoms with E-state index in [2.05, 4.69) is 0 Å². The lowest BCUT2D eigenvalue weighted by atomic mass is 10.1. The molecule has 1 saturated heterocycles. The Balaban J connectivity index is 1.78. The summed E-state index contributed by atoms with van der Waals surface area (Å²) in [6.07, 6.45) is 1.89. The predicted molar refractivity (Wildman–Crippen MR) is 87.2 cm³/mol. The maximum Gasteiger partial charge on any atom is 0.254 e. The van der Waals surface area contributed by atoms with Crippen LogP contribution in [-0.4, -0.2) is 55.9 Å². The van der Waals surface area contributed by atoms with Crippen molar-refractivity contribution in [3.8, 4) is 5.75 Å². The number of halogens is 1. The van der Waals surface area contributed by atoms with Gasteiger partial charge >= 0.3 is 0 Å². The zero-order chi connectivity index (χ0) is 16.4. The lowest BCUT2D eigenvalue weighted by Gasteiger charge is -2.39. The number of rotatable bonds is 4. The monoisotopic (exact) mass is 339 g/mol. The first-order valence-electron chi connectivity index (χ1n) is 8.03. The van der Waals surface area contributed by atoms with Gasteiger partial charge in [-0.05, 0) is 38.0 Å². The van der Waals surface area contributed by atoms with Crippen LogP contribution < -0.4 is 4.74 Å². The van der Waals surface area contributed by atoms with Gasteiger partial charge in [0.05, 0.1) is 30.9 Å². The number of hydrogen-bond acceptors (Lipinski definition) is 4. The number of nitrogens with zero attached hydrogens (tertiary/aromatic N) is 1. The molecule has 2 aliphatic rings. The van der Waals surface area contributed by atoms with E-state index in [0.717, 1.165) is 12.8 Å². The predicted octanol–water partition coefficient (Wildman–Crippen LogP) is 2.76. The molecular formula is C17H22ClNO4. The van der Waals surface area contributed by atoms with Gasteiger partial charge in [0.15, 0.2) is 0 Å². The maximum absolute atomic E-state index is 12.9. The van der Waals surface area contributed by atoms with Gasteiger partial charge in [0.2, 0.25) is 0 Å². The van der Waals surface area contributed by atoms with E-state index in [1.807, 2.05) is 11.8 Å². The summed E-state index contributed by atoms with van der Waals surface area (Å²) in [5, 5.41) is 0.446. The molecule has 0 bridgehead atoms. The van der Waals surface area contributed by atoms with E-state index in [-0.39, 0.29) is 24.2 Å². The van der Waals surface area contributed by atoms with Crippen LogP contribution in [0.2, 0.25) is 5.02 Å². The van der Waals surface area contributed by atoms with E-state index >= 15 is 0 Å². The highest BCUT2D eigenvalue weighted by atomic mass is 35.5. The molecule has 3 rings (SSSR count). The number of morpholine rings is 1. The Morgan fingerprint density at radius 2 is 2.26 bits per heavy atom. The van der Waals surface area contributed by atoms with E-state index in [4.69, 9.17) is 25.8 Å². The van der Waals surface area contributed by atoms with Crippen molar-refractivity contribution in [3.63, 3.8) is 0 Å². The third-order valence-electron chi connectivity index (χ3n) is 4.58. The van der Waals surface area contributed by atoms with Crippen molar-refractivity contribution in [2.24, 2.45) is 0 Å². The lowest BCUT2D eigenvalue weighted by Crippen LogP contribution is -2.53. The van der Waals surface area contributed by atoms with Gasteiger partial charge in [0, 0.05) is 18.7 Å². The van der Waals surface area contributed by atoms with Gasteiger partial charge in [-0.1, -0.05) is 11.6 Å². The van der Waals surface area contributed by atoms with Gasteiger partial charge in [0.25, 0.3) is 5.91 Å². The molecule has 1 heterocycles. The van der Waals surface area contributed by atoms with Gasteiger partial charge in [-0.3, -0.25) is 4.79 Å². The number of ether oxygens (including phenoxy) is 3. The van der Waals surface area contributed by atoms with E-state index in [1.54, 1.807) is 25.3 Å². The number of carbonyl (C=O) groups excluding carboxylic acids is 1. The van der Waals surface area contributed by atoms with Gasteiger partial charge in [-0.25, -0.2) is 0 Å². The Labute approximate surface area is 141 Å². The Morgan fingerprint density at radius 3 is 2.96 bits per heavy atom. The second-order valence-electron chi connectivity index (χ2n) is 5.82. The fourth-order valence-electron chi connectivity index (χ4n) is 3.53. The molecule has 6 heteroatoms. The minimum Gasteiger partial charge on any atom is -0.495 e. The van der Waals surface area contributed by atoms with Crippen LogP contribution >= 0.6 is 11.6 Å². The molecule has 1 saturated carbocycles. The van der Waals surface area contributed by atoms with Crippen LogP contribution in [0, 0.1) is 0 Å². The lowest BCUT2D eigenvalue weighted by molar-refractivity contribution is -0.102. The summed E-state index contributed by atoms with van der Waals surface area (Å²) in [7, 11) is 1.56. The van der Waals surface area contributed by atoms with Crippen molar-refractivity contribution in [1.29, 1.82) is 0 Å². The molecule has 2 fully saturated rings. The summed E-state index contributed by atoms with van der Waals surface area (Å²) in [4.78, 5) is 14.8. The minimum absolute atomic E-state index is 0.00926. The molecule has 3 atom stereocenters. The molecule has 1 amide bonds. The Bertz CT molecular complexity index is 580. The molecule has 1 aliphatic carbocycles. The zero-order valence-corrected chi connectivity index (χ0v) is 14.2. The third kappa shape index (κ3) is 3.18. The van der Waals surface area contributed by atoms with Crippen molar-refractivity contribution >= 4 is 17.5 Å². The van der Waals surface area contributed by atoms with Crippen LogP contribution in [0.4, 0.5) is 0 Å². The molecule has 23 heavy (non-hydrogen) atoms. The van der Waals surface area contributed by atoms with Crippen molar-refractivity contribution in [2.75, 3.05) is 26.9 Å². The summed E-state index contributed by atoms with van der Waals surface area (Å²) >= 11 is 6.15. The fourth-order valence-corrected chi connectivity index (χ4v) is 3.78. The van der Waals surface area contributed by atoms with Gasteiger partial charge in [-0.2, -0.15) is 0 Å². The maximum atomic E-state index is 12.9. The van der Waals surface area contributed by atoms with Crippen molar-refractivity contribution in [3.05, 3.63) is 28.8 Å². The largest absolute Gasteiger partial charge is 0.495 e. The number of fused-ring (bicyclic) bond motifs is 1. The molecule has 1 aromatic carbocycles. The summed E-state index contributed by atoms with van der Waals surface area (Å²) in [5.74, 6) is 0.561. The van der Waals surface area contributed by atoms with Crippen molar-refractivity contribution in [2.45, 2.75) is 38.0 Å². The first kappa shape index (κ1) is 16.6. The normalized spacial score (nSPS) is 26.9. The SMILES string of the molecule is CCO[C@H]1CC[C@H]2[C@@H]1OCCN2C(=O)c1ccc(OC)c(Cl)c1. The molecule has 0 spiro atoms. The summed E-state index contributed by atoms with van der Waals surface area (Å²) < 4.78 is 16.8. The van der Waals surface area contributed by atoms with E-state index in [9.17, 15) is 4.79 Å². The first-order chi connectivity index (χ1) is 11.2. The van der Waals surface area contributed by atoms with Gasteiger partial charge in [-0.15, -0.1) is 0 Å². The molecule has 0 N–H and O–H groups in total. The van der Waals surface area contributed by atoms with Crippen LogP contribution in [0.15, 0.2) is 18.2 Å². The first-order valence-corrected chi connectivity index (χ1v) is 8.41. The van der Waals surface area contributed by atoms with Crippen LogP contribution in [0.1, 0.15) is 30.1 Å². The van der Waals surface area contributed by atoms with E-state index in [0.29, 0.717) is 36.1 Å². The number of benzene rings is 1. The van der Waals surface area contributed by atoms with Crippen molar-refractivity contribution < 1.29 is 19.0 Å². The molecule has 0 radical (unpaired) electrons. The molecule has 1 aromatic rings. The quantitative estimate of drug-likeness (QED) is 0.846. The third-order valence-corrected chi connectivity index (χ3v) is 4.87. The highest BCUT2D eigenvalue weighted by Crippen LogP contribution is 2.33. The highest BCUT2D eigenvalue weighted by Gasteiger charge is 2.45. The fraction of sp³-hybridized carbons (Fsp3) is 0.588. The summed E-state index contributed by atoms with van der Waals surface area (Å²) in [6, 6.07) is 5.23. The summed E-state index contributed by atoms with van der Waals surface area (Å²) in [5.41, 5.74) is 0.580. The molecule has 0 unspecified atom stereocenters. The highest BCUT2D eigenvalue weighted by molar-refractivity contribution is 6.32. The average molecular weight is 340 g/mol. The summed E-state index contributed by atoms with van der Waals surface area (Å²) in [6.45, 7) is 3.79. The second kappa shape index (κ2) is 7.07. The topological polar surface area (TPSA) is 48.0 Å². The van der Waals surface area contributed by atoms with Crippen LogP contribution in [0.5, 0.6) is 5.75 Å². The Hall–Kier alpha value is -1.30. The number of methoxy groups -OCH3 is 1. The van der Waals surface area contributed by atoms with Gasteiger partial charge in [0.1, 0.15) is 11.9 Å². The van der Waals surface area contributed by atoms with E-state index < -0.39 is 0 Å². The minimum atomic E-state index is -0.0265. The Morgan fingerprint density at radius 1 is 1.43 bits per heavy atom. The van der Waals surface area contributed by atoms with Gasteiger partial charge < -0.3 is 19.1 Å². The zero-order valence-electron chi connectivity index (χ0n) is 13.5. The average Bonchev–Trinajstić information content (AvgIpc) is 2.98. The standard InChI is InChI=1S/C17H22ClNO4/c1-3-22-15-7-5-13-16(15)23-9-8-19(13)17(20)11-4-6-14(21-2)12(18)10-11/h4,6,10,13,15-16H,3,5,7-9H2,1-2H3/t13-,15-,16-/m0/s1. The van der Waals surface area contributed by atoms with E-state index in [1.165, 1.54) is 0 Å². The van der Waals surface area contributed by atoms with Crippen LogP contribution in [0.25, 0.3) is 0 Å². The molecule has 1 aliphatic heterocycles. The van der Waals surface area contributed by atoms with Crippen LogP contribution in [0.3, 0.4) is 0 Å². The molecule has 5 nitrogen and oxygen atoms in total.